The van der Waals surface area contributed by atoms with Gasteiger partial charge in [-0.05, 0) is 43.0 Å². The zero-order chi connectivity index (χ0) is 15.5. The van der Waals surface area contributed by atoms with Crippen molar-refractivity contribution in [1.82, 2.24) is 20.2 Å². The lowest BCUT2D eigenvalue weighted by Crippen LogP contribution is -2.34. The van der Waals surface area contributed by atoms with Gasteiger partial charge in [-0.1, -0.05) is 12.1 Å². The molecular formula is C18H22N4O. The minimum atomic E-state index is 0.384. The van der Waals surface area contributed by atoms with Crippen molar-refractivity contribution in [3.05, 3.63) is 48.3 Å². The van der Waals surface area contributed by atoms with Crippen LogP contribution in [0.15, 0.2) is 42.7 Å². The third-order valence-corrected chi connectivity index (χ3v) is 4.69. The highest BCUT2D eigenvalue weighted by molar-refractivity contribution is 5.29. The van der Waals surface area contributed by atoms with Crippen LogP contribution in [0.3, 0.4) is 0 Å². The van der Waals surface area contributed by atoms with E-state index in [0.29, 0.717) is 12.1 Å². The number of nitrogens with zero attached hydrogens (tertiary/aromatic N) is 3. The van der Waals surface area contributed by atoms with Gasteiger partial charge in [-0.2, -0.15) is 0 Å². The average Bonchev–Trinajstić information content (AvgIpc) is 2.92. The Labute approximate surface area is 136 Å². The first-order valence-corrected chi connectivity index (χ1v) is 8.37. The van der Waals surface area contributed by atoms with E-state index in [0.717, 1.165) is 24.9 Å². The standard InChI is InChI=1S/C18H22N4O/c1-9-19-18(20-10-1)23-17-6-2-14(3-7-17)12-22-11-8-15-4-5-16(13-22)21-15/h1-3,6-7,9-10,15-16,21H,4-5,8,11-13H2/t15-,16+/m1/s1. The van der Waals surface area contributed by atoms with E-state index in [-0.39, 0.29) is 0 Å². The predicted molar refractivity (Wildman–Crippen MR) is 88.4 cm³/mol. The first-order valence-electron chi connectivity index (χ1n) is 8.37. The molecule has 3 heterocycles. The van der Waals surface area contributed by atoms with Crippen molar-refractivity contribution >= 4 is 0 Å². The molecule has 4 rings (SSSR count). The maximum absolute atomic E-state index is 5.64. The Morgan fingerprint density at radius 2 is 1.83 bits per heavy atom. The maximum Gasteiger partial charge on any atom is 0.321 e. The first-order chi connectivity index (χ1) is 11.3. The molecule has 2 saturated heterocycles. The molecule has 2 aromatic rings. The summed E-state index contributed by atoms with van der Waals surface area (Å²) >= 11 is 0. The molecule has 0 saturated carbocycles. The molecule has 2 aliphatic heterocycles. The number of ether oxygens (including phenoxy) is 1. The summed E-state index contributed by atoms with van der Waals surface area (Å²) in [6.07, 6.45) is 7.30. The topological polar surface area (TPSA) is 50.3 Å². The van der Waals surface area contributed by atoms with E-state index in [4.69, 9.17) is 4.74 Å². The Bertz CT molecular complexity index is 631. The van der Waals surface area contributed by atoms with Crippen LogP contribution in [-0.4, -0.2) is 40.0 Å². The van der Waals surface area contributed by atoms with Crippen molar-refractivity contribution in [2.24, 2.45) is 0 Å². The van der Waals surface area contributed by atoms with E-state index in [1.54, 1.807) is 18.5 Å². The largest absolute Gasteiger partial charge is 0.424 e. The van der Waals surface area contributed by atoms with Gasteiger partial charge < -0.3 is 10.1 Å². The van der Waals surface area contributed by atoms with Gasteiger partial charge in [0.15, 0.2) is 0 Å². The smallest absolute Gasteiger partial charge is 0.321 e. The number of nitrogens with one attached hydrogen (secondary N) is 1. The van der Waals surface area contributed by atoms with Crippen LogP contribution in [0.2, 0.25) is 0 Å². The van der Waals surface area contributed by atoms with Gasteiger partial charge in [0.05, 0.1) is 0 Å². The summed E-state index contributed by atoms with van der Waals surface area (Å²) in [6, 6.07) is 11.8. The fraction of sp³-hybridized carbons (Fsp3) is 0.444. The molecule has 2 bridgehead atoms. The molecule has 5 heteroatoms. The first kappa shape index (κ1) is 14.6. The molecule has 120 valence electrons. The fourth-order valence-electron chi connectivity index (χ4n) is 3.52. The minimum Gasteiger partial charge on any atom is -0.424 e. The van der Waals surface area contributed by atoms with E-state index < -0.39 is 0 Å². The summed E-state index contributed by atoms with van der Waals surface area (Å²) in [5, 5.41) is 3.73. The third kappa shape index (κ3) is 3.68. The molecule has 0 amide bonds. The lowest BCUT2D eigenvalue weighted by Gasteiger charge is -2.24. The number of rotatable bonds is 4. The van der Waals surface area contributed by atoms with Crippen molar-refractivity contribution in [2.75, 3.05) is 13.1 Å². The second kappa shape index (κ2) is 6.64. The lowest BCUT2D eigenvalue weighted by atomic mass is 10.1. The Kier molecular flexibility index (Phi) is 4.22. The molecule has 1 aromatic heterocycles. The summed E-state index contributed by atoms with van der Waals surface area (Å²) in [6.45, 7) is 3.35. The number of hydrogen-bond acceptors (Lipinski definition) is 5. The van der Waals surface area contributed by atoms with Gasteiger partial charge >= 0.3 is 6.01 Å². The number of fused-ring (bicyclic) bond motifs is 2. The van der Waals surface area contributed by atoms with E-state index >= 15 is 0 Å². The lowest BCUT2D eigenvalue weighted by molar-refractivity contribution is 0.251. The Morgan fingerprint density at radius 1 is 1.04 bits per heavy atom. The highest BCUT2D eigenvalue weighted by Crippen LogP contribution is 2.23. The Hall–Kier alpha value is -1.98. The molecule has 23 heavy (non-hydrogen) atoms. The van der Waals surface area contributed by atoms with Crippen molar-refractivity contribution in [3.63, 3.8) is 0 Å². The van der Waals surface area contributed by atoms with Crippen molar-refractivity contribution in [3.8, 4) is 11.8 Å². The molecule has 2 fully saturated rings. The number of likely N-dealkylation sites (tertiary alicyclic amines) is 1. The third-order valence-electron chi connectivity index (χ3n) is 4.69. The monoisotopic (exact) mass is 310 g/mol. The minimum absolute atomic E-state index is 0.384. The van der Waals surface area contributed by atoms with Gasteiger partial charge in [-0.15, -0.1) is 0 Å². The van der Waals surface area contributed by atoms with Gasteiger partial charge in [-0.3, -0.25) is 4.90 Å². The molecule has 1 N–H and O–H groups in total. The van der Waals surface area contributed by atoms with Crippen LogP contribution < -0.4 is 10.1 Å². The number of aromatic nitrogens is 2. The highest BCUT2D eigenvalue weighted by atomic mass is 16.5. The van der Waals surface area contributed by atoms with Gasteiger partial charge in [0, 0.05) is 44.1 Å². The van der Waals surface area contributed by atoms with Crippen LogP contribution in [0.1, 0.15) is 24.8 Å². The second-order valence-electron chi connectivity index (χ2n) is 6.44. The fourth-order valence-corrected chi connectivity index (χ4v) is 3.52. The van der Waals surface area contributed by atoms with E-state index in [1.165, 1.54) is 31.4 Å². The van der Waals surface area contributed by atoms with Crippen LogP contribution in [-0.2, 0) is 6.54 Å². The second-order valence-corrected chi connectivity index (χ2v) is 6.44. The molecule has 1 aromatic carbocycles. The Morgan fingerprint density at radius 3 is 2.65 bits per heavy atom. The average molecular weight is 310 g/mol. The van der Waals surface area contributed by atoms with Gasteiger partial charge in [0.25, 0.3) is 0 Å². The molecule has 2 aliphatic rings. The molecule has 0 spiro atoms. The maximum atomic E-state index is 5.64. The van der Waals surface area contributed by atoms with Crippen LogP contribution in [0.5, 0.6) is 11.8 Å². The molecule has 2 atom stereocenters. The Balaban J connectivity index is 1.36. The normalized spacial score (nSPS) is 24.3. The van der Waals surface area contributed by atoms with Crippen LogP contribution in [0, 0.1) is 0 Å². The molecule has 5 nitrogen and oxygen atoms in total. The van der Waals surface area contributed by atoms with Crippen molar-refractivity contribution in [2.45, 2.75) is 37.9 Å². The van der Waals surface area contributed by atoms with Gasteiger partial charge in [0.2, 0.25) is 0 Å². The van der Waals surface area contributed by atoms with E-state index in [9.17, 15) is 0 Å². The predicted octanol–water partition coefficient (Wildman–Crippen LogP) is 2.60. The molecule has 0 unspecified atom stereocenters. The summed E-state index contributed by atoms with van der Waals surface area (Å²) < 4.78 is 5.64. The van der Waals surface area contributed by atoms with Crippen LogP contribution in [0.4, 0.5) is 0 Å². The number of hydrogen-bond donors (Lipinski definition) is 1. The van der Waals surface area contributed by atoms with Crippen LogP contribution in [0.25, 0.3) is 0 Å². The molecule has 0 aliphatic carbocycles. The van der Waals surface area contributed by atoms with Gasteiger partial charge in [0.1, 0.15) is 5.75 Å². The molecule has 0 radical (unpaired) electrons. The summed E-state index contributed by atoms with van der Waals surface area (Å²) in [7, 11) is 0. The summed E-state index contributed by atoms with van der Waals surface area (Å²) in [5.41, 5.74) is 1.32. The zero-order valence-electron chi connectivity index (χ0n) is 13.2. The van der Waals surface area contributed by atoms with E-state index in [2.05, 4.69) is 32.3 Å². The van der Waals surface area contributed by atoms with Crippen LogP contribution >= 0.6 is 0 Å². The SMILES string of the molecule is c1cnc(Oc2ccc(CN3CC[C@H]4CC[C@@H](C3)N4)cc2)nc1. The zero-order valence-corrected chi connectivity index (χ0v) is 13.2. The summed E-state index contributed by atoms with van der Waals surface area (Å²) in [4.78, 5) is 10.7. The van der Waals surface area contributed by atoms with Gasteiger partial charge in [-0.25, -0.2) is 9.97 Å². The summed E-state index contributed by atoms with van der Waals surface area (Å²) in [5.74, 6) is 0.775. The van der Waals surface area contributed by atoms with Crippen molar-refractivity contribution in [1.29, 1.82) is 0 Å². The van der Waals surface area contributed by atoms with Crippen molar-refractivity contribution < 1.29 is 4.74 Å². The number of benzene rings is 1. The van der Waals surface area contributed by atoms with E-state index in [1.807, 2.05) is 12.1 Å². The quantitative estimate of drug-likeness (QED) is 0.940. The highest BCUT2D eigenvalue weighted by Gasteiger charge is 2.28. The molecular weight excluding hydrogens is 288 g/mol.